The van der Waals surface area contributed by atoms with E-state index in [0.717, 1.165) is 12.8 Å². The Morgan fingerprint density at radius 1 is 1.32 bits per heavy atom. The summed E-state index contributed by atoms with van der Waals surface area (Å²) in [7, 11) is 0. The molecule has 3 fully saturated rings. The molecule has 1 N–H and O–H groups in total. The summed E-state index contributed by atoms with van der Waals surface area (Å²) in [5.41, 5.74) is -0.698. The van der Waals surface area contributed by atoms with Crippen LogP contribution in [0.1, 0.15) is 39.0 Å². The van der Waals surface area contributed by atoms with Gasteiger partial charge in [0, 0.05) is 6.54 Å². The van der Waals surface area contributed by atoms with E-state index in [9.17, 15) is 19.5 Å². The van der Waals surface area contributed by atoms with Crippen LogP contribution in [-0.2, 0) is 23.9 Å². The van der Waals surface area contributed by atoms with Crippen LogP contribution in [0.4, 0.5) is 5.69 Å². The summed E-state index contributed by atoms with van der Waals surface area (Å²) in [6.07, 6.45) is 6.29. The Hall–Kier alpha value is -2.68. The number of anilines is 1. The second-order valence-electron chi connectivity index (χ2n) is 9.97. The zero-order valence-corrected chi connectivity index (χ0v) is 21.9. The van der Waals surface area contributed by atoms with Crippen LogP contribution in [0, 0.1) is 11.8 Å². The van der Waals surface area contributed by atoms with Crippen molar-refractivity contribution in [2.75, 3.05) is 24.7 Å². The number of likely N-dealkylation sites (tertiary alicyclic amines) is 1. The first-order valence-corrected chi connectivity index (χ1v) is 13.2. The lowest BCUT2D eigenvalue weighted by Crippen LogP contribution is -2.58. The number of fused-ring (bicyclic) bond motifs is 1. The average molecular weight is 531 g/mol. The third-order valence-electron chi connectivity index (χ3n) is 7.75. The van der Waals surface area contributed by atoms with Gasteiger partial charge in [-0.05, 0) is 51.2 Å². The number of halogens is 1. The Morgan fingerprint density at radius 3 is 2.76 bits per heavy atom. The molecule has 3 saturated heterocycles. The first-order valence-electron chi connectivity index (χ1n) is 12.9. The van der Waals surface area contributed by atoms with Crippen LogP contribution >= 0.6 is 11.6 Å². The lowest BCUT2D eigenvalue weighted by Gasteiger charge is -2.38. The number of benzene rings is 1. The summed E-state index contributed by atoms with van der Waals surface area (Å²) in [4.78, 5) is 44.3. The highest BCUT2D eigenvalue weighted by atomic mass is 35.5. The van der Waals surface area contributed by atoms with Crippen molar-refractivity contribution in [3.05, 3.63) is 54.6 Å². The summed E-state index contributed by atoms with van der Waals surface area (Å²) in [6, 6.07) is 5.28. The number of unbranched alkanes of at least 4 members (excludes halogenated alkanes) is 2. The number of hydrogen-bond acceptors (Lipinski definition) is 6. The summed E-state index contributed by atoms with van der Waals surface area (Å²) < 4.78 is 12.0. The van der Waals surface area contributed by atoms with Gasteiger partial charge in [-0.2, -0.15) is 0 Å². The van der Waals surface area contributed by atoms with E-state index in [1.54, 1.807) is 37.3 Å². The van der Waals surface area contributed by atoms with Crippen LogP contribution in [0.5, 0.6) is 0 Å². The molecule has 3 aliphatic rings. The van der Waals surface area contributed by atoms with Crippen molar-refractivity contribution in [1.29, 1.82) is 0 Å². The molecule has 3 aliphatic heterocycles. The van der Waals surface area contributed by atoms with Crippen LogP contribution < -0.4 is 4.90 Å². The van der Waals surface area contributed by atoms with E-state index in [0.29, 0.717) is 30.0 Å². The van der Waals surface area contributed by atoms with Crippen LogP contribution in [0.2, 0.25) is 5.02 Å². The number of ether oxygens (including phenoxy) is 2. The molecule has 9 heteroatoms. The second-order valence-corrected chi connectivity index (χ2v) is 10.4. The van der Waals surface area contributed by atoms with E-state index >= 15 is 0 Å². The number of rotatable bonds is 12. The number of allylic oxidation sites excluding steroid dienone is 1. The topological polar surface area (TPSA) is 96.4 Å². The van der Waals surface area contributed by atoms with Crippen molar-refractivity contribution in [3.8, 4) is 0 Å². The maximum atomic E-state index is 14.3. The first-order chi connectivity index (χ1) is 17.8. The lowest BCUT2D eigenvalue weighted by atomic mass is 9.70. The van der Waals surface area contributed by atoms with Crippen molar-refractivity contribution >= 4 is 35.1 Å². The fourth-order valence-corrected chi connectivity index (χ4v) is 6.35. The first kappa shape index (κ1) is 27.4. The van der Waals surface area contributed by atoms with Crippen molar-refractivity contribution in [2.45, 2.75) is 62.8 Å². The number of aliphatic hydroxyl groups is 1. The zero-order chi connectivity index (χ0) is 26.7. The highest BCUT2D eigenvalue weighted by Crippen LogP contribution is 2.59. The van der Waals surface area contributed by atoms with E-state index in [1.165, 1.54) is 9.80 Å². The molecule has 2 unspecified atom stereocenters. The van der Waals surface area contributed by atoms with Gasteiger partial charge in [-0.1, -0.05) is 35.9 Å². The van der Waals surface area contributed by atoms with Crippen LogP contribution in [0.3, 0.4) is 0 Å². The number of amides is 2. The summed E-state index contributed by atoms with van der Waals surface area (Å²) in [6.45, 7) is 9.24. The van der Waals surface area contributed by atoms with E-state index in [1.807, 2.05) is 6.08 Å². The van der Waals surface area contributed by atoms with Crippen LogP contribution in [-0.4, -0.2) is 71.3 Å². The Bertz CT molecular complexity index is 1060. The monoisotopic (exact) mass is 530 g/mol. The fraction of sp³-hybridized carbons (Fsp3) is 0.536. The Kier molecular flexibility index (Phi) is 8.41. The maximum absolute atomic E-state index is 14.3. The van der Waals surface area contributed by atoms with Gasteiger partial charge in [0.2, 0.25) is 5.91 Å². The molecule has 0 radical (unpaired) electrons. The average Bonchev–Trinajstić information content (AvgIpc) is 3.54. The lowest BCUT2D eigenvalue weighted by molar-refractivity contribution is -0.155. The van der Waals surface area contributed by atoms with E-state index in [2.05, 4.69) is 13.2 Å². The Labute approximate surface area is 222 Å². The SMILES string of the molecule is C=CCCCCOC(=O)[C@@H]1[C@@H]2CCC3(O2)C(C(=O)N(CC=C)c2ccccc2Cl)N([C@H](C)CO)C(=O)[C@H]13. The molecule has 3 heterocycles. The van der Waals surface area contributed by atoms with Gasteiger partial charge in [-0.3, -0.25) is 14.4 Å². The van der Waals surface area contributed by atoms with Crippen molar-refractivity contribution in [1.82, 2.24) is 4.90 Å². The maximum Gasteiger partial charge on any atom is 0.312 e. The van der Waals surface area contributed by atoms with Crippen LogP contribution in [0.25, 0.3) is 0 Å². The number of carbonyl (C=O) groups is 3. The molecule has 1 aromatic carbocycles. The number of esters is 1. The molecule has 1 aromatic rings. The van der Waals surface area contributed by atoms with Crippen molar-refractivity contribution < 1.29 is 29.0 Å². The molecular weight excluding hydrogens is 496 g/mol. The molecule has 4 rings (SSSR count). The number of hydrogen-bond donors (Lipinski definition) is 1. The van der Waals surface area contributed by atoms with Gasteiger partial charge in [0.05, 0.1) is 47.9 Å². The van der Waals surface area contributed by atoms with Gasteiger partial charge in [0.15, 0.2) is 0 Å². The number of nitrogens with zero attached hydrogens (tertiary/aromatic N) is 2. The minimum atomic E-state index is -1.19. The number of carbonyl (C=O) groups excluding carboxylic acids is 3. The number of para-hydroxylation sites is 1. The van der Waals surface area contributed by atoms with Gasteiger partial charge in [-0.25, -0.2) is 0 Å². The molecule has 0 aliphatic carbocycles. The van der Waals surface area contributed by atoms with E-state index in [-0.39, 0.29) is 31.6 Å². The summed E-state index contributed by atoms with van der Waals surface area (Å²) in [5, 5.41) is 10.4. The standard InChI is InChI=1S/C28H35ClN2O6/c1-4-6-7-10-16-36-27(35)22-21-13-14-28(37-21)23(22)25(33)31(18(3)17-32)24(28)26(34)30(15-5-2)20-12-9-8-11-19(20)29/h4-5,8-9,11-12,18,21-24,32H,1-2,6-7,10,13-17H2,3H3/t18-,21+,22-,23+,24?,28?/m1/s1. The minimum Gasteiger partial charge on any atom is -0.465 e. The second kappa shape index (κ2) is 11.4. The van der Waals surface area contributed by atoms with Gasteiger partial charge in [0.1, 0.15) is 11.6 Å². The third kappa shape index (κ3) is 4.71. The molecule has 6 atom stereocenters. The zero-order valence-electron chi connectivity index (χ0n) is 21.2. The Morgan fingerprint density at radius 2 is 2.08 bits per heavy atom. The van der Waals surface area contributed by atoms with E-state index in [4.69, 9.17) is 21.1 Å². The predicted octanol–water partition coefficient (Wildman–Crippen LogP) is 3.51. The summed E-state index contributed by atoms with van der Waals surface area (Å²) >= 11 is 6.45. The number of aliphatic hydroxyl groups excluding tert-OH is 1. The van der Waals surface area contributed by atoms with Gasteiger partial charge in [0.25, 0.3) is 5.91 Å². The van der Waals surface area contributed by atoms with Gasteiger partial charge >= 0.3 is 5.97 Å². The molecule has 200 valence electrons. The minimum absolute atomic E-state index is 0.162. The predicted molar refractivity (Wildman–Crippen MR) is 140 cm³/mol. The van der Waals surface area contributed by atoms with Crippen LogP contribution in [0.15, 0.2) is 49.6 Å². The molecule has 8 nitrogen and oxygen atoms in total. The molecule has 1 spiro atoms. The van der Waals surface area contributed by atoms with Gasteiger partial charge in [-0.15, -0.1) is 13.2 Å². The van der Waals surface area contributed by atoms with Crippen molar-refractivity contribution in [2.24, 2.45) is 11.8 Å². The highest BCUT2D eigenvalue weighted by Gasteiger charge is 2.75. The van der Waals surface area contributed by atoms with E-state index < -0.39 is 41.6 Å². The fourth-order valence-electron chi connectivity index (χ4n) is 6.11. The molecule has 0 aromatic heterocycles. The quantitative estimate of drug-likeness (QED) is 0.252. The van der Waals surface area contributed by atoms with Gasteiger partial charge < -0.3 is 24.4 Å². The summed E-state index contributed by atoms with van der Waals surface area (Å²) in [5.74, 6) is -2.87. The molecule has 2 amide bonds. The highest BCUT2D eigenvalue weighted by molar-refractivity contribution is 6.34. The molecular formula is C28H35ClN2O6. The van der Waals surface area contributed by atoms with Crippen molar-refractivity contribution in [3.63, 3.8) is 0 Å². The molecule has 0 saturated carbocycles. The normalized spacial score (nSPS) is 28.6. The molecule has 37 heavy (non-hydrogen) atoms. The molecule has 2 bridgehead atoms. The largest absolute Gasteiger partial charge is 0.465 e. The third-order valence-corrected chi connectivity index (χ3v) is 8.07. The smallest absolute Gasteiger partial charge is 0.312 e. The Balaban J connectivity index is 1.68.